The van der Waals surface area contributed by atoms with Crippen molar-refractivity contribution < 1.29 is 14.1 Å². The zero-order valence-corrected chi connectivity index (χ0v) is 15.6. The molecule has 0 spiro atoms. The summed E-state index contributed by atoms with van der Waals surface area (Å²) in [6, 6.07) is 0. The van der Waals surface area contributed by atoms with Gasteiger partial charge in [0.25, 0.3) is 11.8 Å². The van der Waals surface area contributed by atoms with E-state index in [0.29, 0.717) is 36.2 Å². The molecule has 1 saturated heterocycles. The third-order valence-electron chi connectivity index (χ3n) is 5.13. The molecule has 3 aromatic rings. The predicted octanol–water partition coefficient (Wildman–Crippen LogP) is 1.98. The fraction of sp³-hybridized carbons (Fsp3) is 0.471. The molecule has 0 N–H and O–H groups in total. The average molecular weight is 386 g/mol. The molecule has 5 heterocycles. The molecule has 9 nitrogen and oxygen atoms in total. The second kappa shape index (κ2) is 6.54. The summed E-state index contributed by atoms with van der Waals surface area (Å²) in [6.45, 7) is 2.41. The minimum absolute atomic E-state index is 0.0770. The molecule has 0 aromatic carbocycles. The number of rotatable bonds is 3. The minimum Gasteiger partial charge on any atom is -0.381 e. The van der Waals surface area contributed by atoms with E-state index in [2.05, 4.69) is 20.2 Å². The van der Waals surface area contributed by atoms with Gasteiger partial charge in [0.1, 0.15) is 5.69 Å². The van der Waals surface area contributed by atoms with Crippen LogP contribution in [-0.2, 0) is 24.9 Å². The first-order chi connectivity index (χ1) is 13.2. The Balaban J connectivity index is 1.41. The zero-order valence-electron chi connectivity index (χ0n) is 14.8. The van der Waals surface area contributed by atoms with Crippen LogP contribution in [0.4, 0.5) is 0 Å². The third-order valence-corrected chi connectivity index (χ3v) is 5.72. The van der Waals surface area contributed by atoms with E-state index in [1.54, 1.807) is 20.5 Å². The third kappa shape index (κ3) is 2.85. The van der Waals surface area contributed by atoms with E-state index in [1.807, 2.05) is 7.05 Å². The van der Waals surface area contributed by atoms with Crippen molar-refractivity contribution in [1.82, 2.24) is 29.8 Å². The first-order valence-corrected chi connectivity index (χ1v) is 9.79. The molecular formula is C17H18N6O3S. The number of ether oxygens (including phenoxy) is 1. The molecule has 1 amide bonds. The number of aromatic nitrogens is 5. The summed E-state index contributed by atoms with van der Waals surface area (Å²) in [6.07, 6.45) is 1.80. The molecule has 3 aromatic heterocycles. The summed E-state index contributed by atoms with van der Waals surface area (Å²) in [4.78, 5) is 23.1. The molecule has 0 aliphatic carbocycles. The topological polar surface area (TPSA) is 99.2 Å². The molecule has 5 rings (SSSR count). The number of amides is 1. The van der Waals surface area contributed by atoms with Crippen molar-refractivity contribution in [2.75, 3.05) is 13.2 Å². The van der Waals surface area contributed by atoms with E-state index in [1.165, 1.54) is 11.3 Å². The summed E-state index contributed by atoms with van der Waals surface area (Å²) in [5.74, 6) is 1.31. The lowest BCUT2D eigenvalue weighted by Crippen LogP contribution is -2.26. The maximum Gasteiger partial charge on any atom is 0.278 e. The quantitative estimate of drug-likeness (QED) is 0.678. The van der Waals surface area contributed by atoms with Crippen LogP contribution in [0, 0.1) is 0 Å². The van der Waals surface area contributed by atoms with Gasteiger partial charge >= 0.3 is 0 Å². The Morgan fingerprint density at radius 3 is 2.93 bits per heavy atom. The van der Waals surface area contributed by atoms with Gasteiger partial charge in [-0.2, -0.15) is 10.1 Å². The minimum atomic E-state index is -0.0770. The summed E-state index contributed by atoms with van der Waals surface area (Å²) in [5.41, 5.74) is 4.75. The van der Waals surface area contributed by atoms with Crippen molar-refractivity contribution in [2.24, 2.45) is 7.05 Å². The highest BCUT2D eigenvalue weighted by atomic mass is 32.1. The van der Waals surface area contributed by atoms with Crippen LogP contribution in [0.1, 0.15) is 46.3 Å². The number of nitrogens with zero attached hydrogens (tertiary/aromatic N) is 6. The van der Waals surface area contributed by atoms with Gasteiger partial charge in [-0.05, 0) is 12.8 Å². The highest BCUT2D eigenvalue weighted by Crippen LogP contribution is 2.33. The fourth-order valence-electron chi connectivity index (χ4n) is 3.64. The van der Waals surface area contributed by atoms with Gasteiger partial charge in [-0.1, -0.05) is 5.16 Å². The van der Waals surface area contributed by atoms with Crippen molar-refractivity contribution >= 4 is 17.2 Å². The van der Waals surface area contributed by atoms with Gasteiger partial charge in [0.05, 0.1) is 24.3 Å². The second-order valence-electron chi connectivity index (χ2n) is 6.78. The van der Waals surface area contributed by atoms with Gasteiger partial charge in [0, 0.05) is 37.1 Å². The number of fused-ring (bicyclic) bond motifs is 1. The summed E-state index contributed by atoms with van der Waals surface area (Å²) < 4.78 is 12.7. The molecule has 1 fully saturated rings. The van der Waals surface area contributed by atoms with E-state index < -0.39 is 0 Å². The normalized spacial score (nSPS) is 17.4. The number of hydrogen-bond acceptors (Lipinski definition) is 8. The lowest BCUT2D eigenvalue weighted by Gasteiger charge is -2.18. The van der Waals surface area contributed by atoms with Crippen LogP contribution < -0.4 is 0 Å². The number of carbonyl (C=O) groups excluding carboxylic acids is 1. The standard InChI is InChI=1S/C17H18N6O3S/c1-22-13-7-23(17(24)12-8-27-9-18-12)6-11(13)14(20-22)16-19-15(21-26-16)10-2-4-25-5-3-10/h8-10H,2-7H2,1H3. The van der Waals surface area contributed by atoms with E-state index in [4.69, 9.17) is 9.26 Å². The van der Waals surface area contributed by atoms with Gasteiger partial charge in [0.15, 0.2) is 11.5 Å². The highest BCUT2D eigenvalue weighted by molar-refractivity contribution is 7.07. The Labute approximate surface area is 159 Å². The van der Waals surface area contributed by atoms with Crippen LogP contribution in [0.2, 0.25) is 0 Å². The van der Waals surface area contributed by atoms with Crippen molar-refractivity contribution in [1.29, 1.82) is 0 Å². The van der Waals surface area contributed by atoms with Crippen LogP contribution in [0.5, 0.6) is 0 Å². The van der Waals surface area contributed by atoms with E-state index >= 15 is 0 Å². The van der Waals surface area contributed by atoms with Gasteiger partial charge in [0.2, 0.25) is 0 Å². The molecule has 2 aliphatic heterocycles. The number of thiazole rings is 1. The smallest absolute Gasteiger partial charge is 0.278 e. The summed E-state index contributed by atoms with van der Waals surface area (Å²) in [7, 11) is 1.87. The Morgan fingerprint density at radius 2 is 2.15 bits per heavy atom. The molecule has 0 unspecified atom stereocenters. The molecular weight excluding hydrogens is 368 g/mol. The Bertz CT molecular complexity index is 973. The highest BCUT2D eigenvalue weighted by Gasteiger charge is 2.33. The van der Waals surface area contributed by atoms with Gasteiger partial charge in [-0.25, -0.2) is 4.98 Å². The Kier molecular flexibility index (Phi) is 4.01. The predicted molar refractivity (Wildman–Crippen MR) is 95.0 cm³/mol. The van der Waals surface area contributed by atoms with E-state index in [9.17, 15) is 4.79 Å². The summed E-state index contributed by atoms with van der Waals surface area (Å²) in [5, 5.41) is 10.5. The molecule has 2 aliphatic rings. The van der Waals surface area contributed by atoms with E-state index in [0.717, 1.165) is 37.3 Å². The summed E-state index contributed by atoms with van der Waals surface area (Å²) >= 11 is 1.41. The molecule has 0 bridgehead atoms. The number of hydrogen-bond donors (Lipinski definition) is 0. The first-order valence-electron chi connectivity index (χ1n) is 8.84. The van der Waals surface area contributed by atoms with Gasteiger partial charge in [-0.3, -0.25) is 9.48 Å². The average Bonchev–Trinajstić information content (AvgIpc) is 3.48. The molecule has 0 atom stereocenters. The lowest BCUT2D eigenvalue weighted by molar-refractivity contribution is 0.0743. The van der Waals surface area contributed by atoms with Crippen molar-refractivity contribution in [3.63, 3.8) is 0 Å². The molecule has 0 saturated carbocycles. The van der Waals surface area contributed by atoms with Crippen molar-refractivity contribution in [2.45, 2.75) is 31.8 Å². The largest absolute Gasteiger partial charge is 0.381 e. The Morgan fingerprint density at radius 1 is 1.30 bits per heavy atom. The van der Waals surface area contributed by atoms with Crippen LogP contribution >= 0.6 is 11.3 Å². The van der Waals surface area contributed by atoms with Gasteiger partial charge < -0.3 is 14.2 Å². The zero-order chi connectivity index (χ0) is 18.4. The maximum absolute atomic E-state index is 12.6. The lowest BCUT2D eigenvalue weighted by atomic mass is 10.00. The molecule has 27 heavy (non-hydrogen) atoms. The van der Waals surface area contributed by atoms with Gasteiger partial charge in [-0.15, -0.1) is 11.3 Å². The second-order valence-corrected chi connectivity index (χ2v) is 7.50. The molecule has 0 radical (unpaired) electrons. The van der Waals surface area contributed by atoms with E-state index in [-0.39, 0.29) is 11.8 Å². The van der Waals surface area contributed by atoms with Crippen LogP contribution in [0.25, 0.3) is 11.6 Å². The van der Waals surface area contributed by atoms with Crippen molar-refractivity contribution in [3.05, 3.63) is 33.7 Å². The van der Waals surface area contributed by atoms with Crippen molar-refractivity contribution in [3.8, 4) is 11.6 Å². The SMILES string of the molecule is Cn1nc(-c2nc(C3CCOCC3)no2)c2c1CN(C(=O)c1cscn1)C2. The number of carbonyl (C=O) groups is 1. The van der Waals surface area contributed by atoms with Crippen LogP contribution in [0.3, 0.4) is 0 Å². The molecule has 10 heteroatoms. The Hall–Kier alpha value is -2.59. The van der Waals surface area contributed by atoms with Crippen LogP contribution in [0.15, 0.2) is 15.4 Å². The molecule has 140 valence electrons. The first kappa shape index (κ1) is 16.6. The maximum atomic E-state index is 12.6. The number of aryl methyl sites for hydroxylation is 1. The fourth-order valence-corrected chi connectivity index (χ4v) is 4.17. The monoisotopic (exact) mass is 386 g/mol. The van der Waals surface area contributed by atoms with Crippen LogP contribution in [-0.4, -0.2) is 48.9 Å².